The van der Waals surface area contributed by atoms with Gasteiger partial charge in [-0.25, -0.2) is 0 Å². The number of rotatable bonds is 2. The number of hydrogen-bond donors (Lipinski definition) is 1. The third-order valence-corrected chi connectivity index (χ3v) is 3.70. The van der Waals surface area contributed by atoms with Crippen molar-refractivity contribution in [1.82, 2.24) is 9.80 Å². The Morgan fingerprint density at radius 1 is 1.14 bits per heavy atom. The SMILES string of the molecule is CC(C)N1CCC(N2CCC(N)C2)C1. The second-order valence-electron chi connectivity index (χ2n) is 5.07. The molecule has 2 aliphatic heterocycles. The van der Waals surface area contributed by atoms with E-state index in [4.69, 9.17) is 5.73 Å². The molecule has 0 spiro atoms. The van der Waals surface area contributed by atoms with Crippen LogP contribution in [0.5, 0.6) is 0 Å². The zero-order valence-corrected chi connectivity index (χ0v) is 9.45. The molecular weight excluding hydrogens is 174 g/mol. The molecule has 0 amide bonds. The van der Waals surface area contributed by atoms with E-state index in [-0.39, 0.29) is 0 Å². The van der Waals surface area contributed by atoms with E-state index in [9.17, 15) is 0 Å². The molecule has 0 aliphatic carbocycles. The summed E-state index contributed by atoms with van der Waals surface area (Å²) in [5.74, 6) is 0. The molecule has 2 N–H and O–H groups in total. The first-order chi connectivity index (χ1) is 6.66. The molecule has 3 heteroatoms. The highest BCUT2D eigenvalue weighted by Crippen LogP contribution is 2.21. The van der Waals surface area contributed by atoms with Gasteiger partial charge in [-0.3, -0.25) is 9.80 Å². The van der Waals surface area contributed by atoms with Crippen LogP contribution in [0.1, 0.15) is 26.7 Å². The summed E-state index contributed by atoms with van der Waals surface area (Å²) in [6, 6.07) is 1.92. The van der Waals surface area contributed by atoms with Gasteiger partial charge in [0.25, 0.3) is 0 Å². The van der Waals surface area contributed by atoms with Crippen LogP contribution in [0, 0.1) is 0 Å². The van der Waals surface area contributed by atoms with Crippen LogP contribution in [0.15, 0.2) is 0 Å². The molecule has 0 bridgehead atoms. The lowest BCUT2D eigenvalue weighted by molar-refractivity contribution is 0.212. The smallest absolute Gasteiger partial charge is 0.0236 e. The Kier molecular flexibility index (Phi) is 3.10. The van der Waals surface area contributed by atoms with Gasteiger partial charge in [0.1, 0.15) is 0 Å². The summed E-state index contributed by atoms with van der Waals surface area (Å²) in [5.41, 5.74) is 5.93. The highest BCUT2D eigenvalue weighted by Gasteiger charge is 2.32. The highest BCUT2D eigenvalue weighted by molar-refractivity contribution is 4.89. The molecule has 2 rings (SSSR count). The molecule has 0 aromatic carbocycles. The summed E-state index contributed by atoms with van der Waals surface area (Å²) in [4.78, 5) is 5.17. The van der Waals surface area contributed by atoms with Crippen LogP contribution in [-0.2, 0) is 0 Å². The molecule has 2 fully saturated rings. The molecule has 3 nitrogen and oxygen atoms in total. The van der Waals surface area contributed by atoms with Crippen molar-refractivity contribution in [2.75, 3.05) is 26.2 Å². The van der Waals surface area contributed by atoms with Crippen molar-refractivity contribution in [2.24, 2.45) is 5.73 Å². The van der Waals surface area contributed by atoms with E-state index >= 15 is 0 Å². The Bertz CT molecular complexity index is 193. The number of nitrogens with zero attached hydrogens (tertiary/aromatic N) is 2. The second-order valence-corrected chi connectivity index (χ2v) is 5.07. The maximum Gasteiger partial charge on any atom is 0.0236 e. The summed E-state index contributed by atoms with van der Waals surface area (Å²) >= 11 is 0. The first kappa shape index (κ1) is 10.4. The fourth-order valence-corrected chi connectivity index (χ4v) is 2.68. The topological polar surface area (TPSA) is 32.5 Å². The Labute approximate surface area is 87.2 Å². The van der Waals surface area contributed by atoms with Gasteiger partial charge in [-0.15, -0.1) is 0 Å². The van der Waals surface area contributed by atoms with Crippen molar-refractivity contribution in [3.63, 3.8) is 0 Å². The Morgan fingerprint density at radius 3 is 2.43 bits per heavy atom. The summed E-state index contributed by atoms with van der Waals surface area (Å²) in [6.45, 7) is 9.45. The van der Waals surface area contributed by atoms with Crippen molar-refractivity contribution in [1.29, 1.82) is 0 Å². The van der Waals surface area contributed by atoms with Crippen LogP contribution < -0.4 is 5.73 Å². The summed E-state index contributed by atoms with van der Waals surface area (Å²) < 4.78 is 0. The van der Waals surface area contributed by atoms with Crippen LogP contribution >= 0.6 is 0 Å². The minimum atomic E-state index is 0.433. The van der Waals surface area contributed by atoms with E-state index in [1.54, 1.807) is 0 Å². The highest BCUT2D eigenvalue weighted by atomic mass is 15.3. The van der Waals surface area contributed by atoms with Crippen LogP contribution in [0.2, 0.25) is 0 Å². The van der Waals surface area contributed by atoms with E-state index < -0.39 is 0 Å². The van der Waals surface area contributed by atoms with Crippen LogP contribution in [0.3, 0.4) is 0 Å². The molecule has 0 saturated carbocycles. The first-order valence-electron chi connectivity index (χ1n) is 5.90. The van der Waals surface area contributed by atoms with Crippen molar-refractivity contribution in [3.8, 4) is 0 Å². The first-order valence-corrected chi connectivity index (χ1v) is 5.90. The largest absolute Gasteiger partial charge is 0.326 e. The van der Waals surface area contributed by atoms with Gasteiger partial charge in [0.15, 0.2) is 0 Å². The van der Waals surface area contributed by atoms with Crippen molar-refractivity contribution in [2.45, 2.75) is 44.8 Å². The standard InChI is InChI=1S/C11H23N3/c1-9(2)13-6-4-11(8-13)14-5-3-10(12)7-14/h9-11H,3-8,12H2,1-2H3. The molecule has 2 unspecified atom stereocenters. The van der Waals surface area contributed by atoms with Crippen molar-refractivity contribution < 1.29 is 0 Å². The molecule has 14 heavy (non-hydrogen) atoms. The van der Waals surface area contributed by atoms with E-state index in [1.807, 2.05) is 0 Å². The molecule has 2 heterocycles. The molecule has 2 atom stereocenters. The van der Waals surface area contributed by atoms with E-state index in [0.29, 0.717) is 12.1 Å². The Morgan fingerprint density at radius 2 is 1.93 bits per heavy atom. The van der Waals surface area contributed by atoms with E-state index in [1.165, 1.54) is 32.5 Å². The van der Waals surface area contributed by atoms with Gasteiger partial charge in [-0.2, -0.15) is 0 Å². The summed E-state index contributed by atoms with van der Waals surface area (Å²) in [7, 11) is 0. The monoisotopic (exact) mass is 197 g/mol. The quantitative estimate of drug-likeness (QED) is 0.700. The molecule has 2 saturated heterocycles. The lowest BCUT2D eigenvalue weighted by Gasteiger charge is -2.25. The molecule has 2 aliphatic rings. The van der Waals surface area contributed by atoms with Crippen LogP contribution in [0.25, 0.3) is 0 Å². The van der Waals surface area contributed by atoms with Gasteiger partial charge in [-0.1, -0.05) is 0 Å². The maximum absolute atomic E-state index is 5.93. The summed E-state index contributed by atoms with van der Waals surface area (Å²) in [5, 5.41) is 0. The van der Waals surface area contributed by atoms with Crippen LogP contribution in [-0.4, -0.2) is 54.1 Å². The zero-order chi connectivity index (χ0) is 10.1. The van der Waals surface area contributed by atoms with E-state index in [0.717, 1.165) is 12.6 Å². The third kappa shape index (κ3) is 2.10. The molecular formula is C11H23N3. The Balaban J connectivity index is 1.83. The number of likely N-dealkylation sites (tertiary alicyclic amines) is 2. The van der Waals surface area contributed by atoms with Gasteiger partial charge in [-0.05, 0) is 26.7 Å². The Hall–Kier alpha value is -0.120. The lowest BCUT2D eigenvalue weighted by Crippen LogP contribution is -2.38. The molecule has 0 radical (unpaired) electrons. The zero-order valence-electron chi connectivity index (χ0n) is 9.45. The number of hydrogen-bond acceptors (Lipinski definition) is 3. The predicted molar refractivity (Wildman–Crippen MR) is 59.3 cm³/mol. The minimum absolute atomic E-state index is 0.433. The van der Waals surface area contributed by atoms with Gasteiger partial charge < -0.3 is 5.73 Å². The van der Waals surface area contributed by atoms with Gasteiger partial charge >= 0.3 is 0 Å². The van der Waals surface area contributed by atoms with Crippen LogP contribution in [0.4, 0.5) is 0 Å². The fraction of sp³-hybridized carbons (Fsp3) is 1.00. The van der Waals surface area contributed by atoms with E-state index in [2.05, 4.69) is 23.6 Å². The van der Waals surface area contributed by atoms with Gasteiger partial charge in [0.05, 0.1) is 0 Å². The molecule has 0 aromatic heterocycles. The lowest BCUT2D eigenvalue weighted by atomic mass is 10.2. The maximum atomic E-state index is 5.93. The van der Waals surface area contributed by atoms with Gasteiger partial charge in [0.2, 0.25) is 0 Å². The van der Waals surface area contributed by atoms with Crippen molar-refractivity contribution in [3.05, 3.63) is 0 Å². The number of nitrogens with two attached hydrogens (primary N) is 1. The fourth-order valence-electron chi connectivity index (χ4n) is 2.68. The normalized spacial score (nSPS) is 36.0. The van der Waals surface area contributed by atoms with Gasteiger partial charge in [0, 0.05) is 44.3 Å². The second kappa shape index (κ2) is 4.17. The minimum Gasteiger partial charge on any atom is -0.326 e. The predicted octanol–water partition coefficient (Wildman–Crippen LogP) is 0.502. The third-order valence-electron chi connectivity index (χ3n) is 3.70. The molecule has 82 valence electrons. The van der Waals surface area contributed by atoms with Crippen molar-refractivity contribution >= 4 is 0 Å². The average Bonchev–Trinajstić information content (AvgIpc) is 2.70. The average molecular weight is 197 g/mol. The summed E-state index contributed by atoms with van der Waals surface area (Å²) in [6.07, 6.45) is 2.53. The molecule has 0 aromatic rings.